The van der Waals surface area contributed by atoms with Crippen LogP contribution >= 0.6 is 23.2 Å². The number of anilines is 4. The highest BCUT2D eigenvalue weighted by molar-refractivity contribution is 6.39. The Balaban J connectivity index is 1.83. The lowest BCUT2D eigenvalue weighted by atomic mass is 10.1. The molecule has 144 valence electrons. The van der Waals surface area contributed by atoms with Crippen LogP contribution in [-0.4, -0.2) is 15.2 Å². The molecule has 29 heavy (non-hydrogen) atoms. The van der Waals surface area contributed by atoms with Gasteiger partial charge in [-0.1, -0.05) is 23.2 Å². The van der Waals surface area contributed by atoms with E-state index in [-0.39, 0.29) is 5.95 Å². The van der Waals surface area contributed by atoms with Crippen LogP contribution in [0.25, 0.3) is 0 Å². The molecule has 0 radical (unpaired) electrons. The van der Waals surface area contributed by atoms with Crippen molar-refractivity contribution in [2.45, 2.75) is 19.8 Å². The van der Waals surface area contributed by atoms with Gasteiger partial charge in [0.05, 0.1) is 33.4 Å². The van der Waals surface area contributed by atoms with Crippen molar-refractivity contribution in [3.8, 4) is 12.1 Å². The van der Waals surface area contributed by atoms with Crippen LogP contribution in [0.1, 0.15) is 23.2 Å². The van der Waals surface area contributed by atoms with Crippen molar-refractivity contribution in [1.29, 1.82) is 10.5 Å². The minimum atomic E-state index is 0.223. The maximum atomic E-state index is 8.90. The molecule has 0 aliphatic rings. The third-order valence-corrected chi connectivity index (χ3v) is 4.59. The molecular formula is C20H15Cl2N7. The van der Waals surface area contributed by atoms with E-state index >= 15 is 0 Å². The van der Waals surface area contributed by atoms with Crippen LogP contribution in [0.4, 0.5) is 23.1 Å². The molecule has 3 aromatic rings. The minimum absolute atomic E-state index is 0.223. The molecule has 0 unspecified atom stereocenters. The molecule has 1 heterocycles. The first kappa shape index (κ1) is 20.3. The molecule has 1 aromatic heterocycles. The summed E-state index contributed by atoms with van der Waals surface area (Å²) in [7, 11) is 0. The van der Waals surface area contributed by atoms with E-state index in [2.05, 4.69) is 38.0 Å². The molecule has 0 aliphatic carbocycles. The molecule has 0 atom stereocenters. The molecule has 0 fully saturated rings. The lowest BCUT2D eigenvalue weighted by Crippen LogP contribution is -2.06. The molecule has 2 aromatic carbocycles. The number of rotatable bonds is 6. The maximum absolute atomic E-state index is 8.90. The zero-order valence-electron chi connectivity index (χ0n) is 15.4. The summed E-state index contributed by atoms with van der Waals surface area (Å²) >= 11 is 12.7. The first-order valence-electron chi connectivity index (χ1n) is 8.60. The average molecular weight is 424 g/mol. The SMILES string of the molecule is Cc1nnc(Nc2c(Cl)cc(CCC#N)cc2Cl)nc1Nc1ccc(C#N)cc1. The van der Waals surface area contributed by atoms with Gasteiger partial charge in [0.15, 0.2) is 5.82 Å². The van der Waals surface area contributed by atoms with Crippen molar-refractivity contribution in [3.05, 3.63) is 63.3 Å². The van der Waals surface area contributed by atoms with E-state index in [4.69, 9.17) is 33.7 Å². The topological polar surface area (TPSA) is 110 Å². The average Bonchev–Trinajstić information content (AvgIpc) is 2.72. The smallest absolute Gasteiger partial charge is 0.249 e. The fourth-order valence-electron chi connectivity index (χ4n) is 2.52. The van der Waals surface area contributed by atoms with Crippen molar-refractivity contribution < 1.29 is 0 Å². The molecule has 9 heteroatoms. The van der Waals surface area contributed by atoms with Gasteiger partial charge in [0.2, 0.25) is 5.95 Å². The van der Waals surface area contributed by atoms with Crippen LogP contribution in [0.15, 0.2) is 36.4 Å². The fraction of sp³-hybridized carbons (Fsp3) is 0.150. The zero-order chi connectivity index (χ0) is 20.8. The van der Waals surface area contributed by atoms with E-state index in [0.717, 1.165) is 11.3 Å². The Kier molecular flexibility index (Phi) is 6.46. The Bertz CT molecular complexity index is 1090. The van der Waals surface area contributed by atoms with Crippen molar-refractivity contribution in [2.75, 3.05) is 10.6 Å². The summed E-state index contributed by atoms with van der Waals surface area (Å²) < 4.78 is 0. The van der Waals surface area contributed by atoms with Crippen LogP contribution in [0, 0.1) is 29.6 Å². The quantitative estimate of drug-likeness (QED) is 0.552. The summed E-state index contributed by atoms with van der Waals surface area (Å²) in [6, 6.07) is 14.7. The van der Waals surface area contributed by atoms with Crippen LogP contribution < -0.4 is 10.6 Å². The monoisotopic (exact) mass is 423 g/mol. The van der Waals surface area contributed by atoms with Gasteiger partial charge in [-0.2, -0.15) is 15.5 Å². The van der Waals surface area contributed by atoms with Gasteiger partial charge in [0.1, 0.15) is 5.69 Å². The third kappa shape index (κ3) is 5.11. The van der Waals surface area contributed by atoms with E-state index < -0.39 is 0 Å². The van der Waals surface area contributed by atoms with Gasteiger partial charge in [-0.05, 0) is 55.3 Å². The Morgan fingerprint density at radius 2 is 1.69 bits per heavy atom. The number of hydrogen-bond donors (Lipinski definition) is 2. The molecule has 0 aliphatic heterocycles. The van der Waals surface area contributed by atoms with E-state index in [0.29, 0.717) is 45.6 Å². The van der Waals surface area contributed by atoms with E-state index in [9.17, 15) is 0 Å². The first-order chi connectivity index (χ1) is 14.0. The highest BCUT2D eigenvalue weighted by atomic mass is 35.5. The number of nitrogens with one attached hydrogen (secondary N) is 2. The lowest BCUT2D eigenvalue weighted by Gasteiger charge is -2.13. The number of halogens is 2. The van der Waals surface area contributed by atoms with Crippen LogP contribution in [0.5, 0.6) is 0 Å². The molecule has 0 amide bonds. The van der Waals surface area contributed by atoms with E-state index in [1.54, 1.807) is 43.3 Å². The number of aryl methyl sites for hydroxylation is 2. The summed E-state index contributed by atoms with van der Waals surface area (Å²) in [5.41, 5.74) is 3.26. The van der Waals surface area contributed by atoms with Gasteiger partial charge in [-0.3, -0.25) is 0 Å². The Morgan fingerprint density at radius 3 is 2.31 bits per heavy atom. The van der Waals surface area contributed by atoms with Crippen molar-refractivity contribution in [2.24, 2.45) is 0 Å². The molecule has 0 saturated heterocycles. The van der Waals surface area contributed by atoms with Crippen LogP contribution in [0.2, 0.25) is 10.0 Å². The fourth-order valence-corrected chi connectivity index (χ4v) is 3.14. The molecule has 3 rings (SSSR count). The summed E-state index contributed by atoms with van der Waals surface area (Å²) in [4.78, 5) is 4.44. The van der Waals surface area contributed by atoms with Crippen molar-refractivity contribution in [1.82, 2.24) is 15.2 Å². The Hall–Kier alpha value is -3.39. The minimum Gasteiger partial charge on any atom is -0.339 e. The maximum Gasteiger partial charge on any atom is 0.249 e. The van der Waals surface area contributed by atoms with Gasteiger partial charge < -0.3 is 10.6 Å². The standard InChI is InChI=1S/C20H15Cl2N7/c1-12-19(25-15-6-4-13(11-24)5-7-15)27-20(29-28-12)26-18-16(21)9-14(3-2-8-23)10-17(18)22/h4-7,9-10H,2-3H2,1H3,(H2,25,26,27,29). The number of hydrogen-bond acceptors (Lipinski definition) is 7. The summed E-state index contributed by atoms with van der Waals surface area (Å²) in [5.74, 6) is 0.727. The Labute approximate surface area is 177 Å². The first-order valence-corrected chi connectivity index (χ1v) is 9.36. The molecule has 0 bridgehead atoms. The van der Waals surface area contributed by atoms with Gasteiger partial charge >= 0.3 is 0 Å². The van der Waals surface area contributed by atoms with Crippen LogP contribution in [0.3, 0.4) is 0 Å². The van der Waals surface area contributed by atoms with Crippen molar-refractivity contribution in [3.63, 3.8) is 0 Å². The third-order valence-electron chi connectivity index (χ3n) is 4.00. The predicted molar refractivity (Wildman–Crippen MR) is 113 cm³/mol. The molecule has 2 N–H and O–H groups in total. The van der Waals surface area contributed by atoms with Gasteiger partial charge in [-0.25, -0.2) is 0 Å². The van der Waals surface area contributed by atoms with Crippen LogP contribution in [-0.2, 0) is 6.42 Å². The highest BCUT2D eigenvalue weighted by Gasteiger charge is 2.12. The van der Waals surface area contributed by atoms with Gasteiger partial charge in [0.25, 0.3) is 0 Å². The summed E-state index contributed by atoms with van der Waals surface area (Å²) in [6.45, 7) is 1.78. The summed E-state index contributed by atoms with van der Waals surface area (Å²) in [6.07, 6.45) is 0.951. The van der Waals surface area contributed by atoms with Gasteiger partial charge in [-0.15, -0.1) is 10.2 Å². The number of aromatic nitrogens is 3. The normalized spacial score (nSPS) is 10.1. The molecule has 0 saturated carbocycles. The molecule has 0 spiro atoms. The zero-order valence-corrected chi connectivity index (χ0v) is 16.9. The van der Waals surface area contributed by atoms with Crippen molar-refractivity contribution >= 4 is 46.3 Å². The number of nitriles is 2. The molecular weight excluding hydrogens is 409 g/mol. The van der Waals surface area contributed by atoms with E-state index in [1.807, 2.05) is 0 Å². The second-order valence-electron chi connectivity index (χ2n) is 6.10. The predicted octanol–water partition coefficient (Wildman–Crippen LogP) is 5.30. The second kappa shape index (κ2) is 9.20. The van der Waals surface area contributed by atoms with E-state index in [1.165, 1.54) is 0 Å². The lowest BCUT2D eigenvalue weighted by molar-refractivity contribution is 0.939. The largest absolute Gasteiger partial charge is 0.339 e. The summed E-state index contributed by atoms with van der Waals surface area (Å²) in [5, 5.41) is 32.7. The number of benzene rings is 2. The number of nitrogens with zero attached hydrogens (tertiary/aromatic N) is 5. The molecule has 7 nitrogen and oxygen atoms in total. The Morgan fingerprint density at radius 1 is 1.00 bits per heavy atom. The second-order valence-corrected chi connectivity index (χ2v) is 6.92. The van der Waals surface area contributed by atoms with Gasteiger partial charge in [0, 0.05) is 12.1 Å². The highest BCUT2D eigenvalue weighted by Crippen LogP contribution is 2.34.